The molecule has 192 valence electrons. The molecule has 4 heterocycles. The standard InChI is InChI=1S/C29H30N2O5S/c32-16-7-15-31-25-27(34)30(21-12-11-19-8-3-4-9-20(19)18-21)14-6-13-29(25)24(26(31)33)23-22(37-29)10-2-1-5-17-36-28(23)35/h2-4,6,8-13,18,22-25,32H,1,5,7,14-17H2/b10-2-/t22-,23+,24+,25?,29+/m1/s1. The Labute approximate surface area is 220 Å². The molecule has 4 aliphatic rings. The number of allylic oxidation sites excluding steroid dienone is 1. The van der Waals surface area contributed by atoms with E-state index in [0.29, 0.717) is 19.6 Å². The molecule has 2 amide bonds. The molecule has 5 atom stereocenters. The fourth-order valence-electron chi connectivity index (χ4n) is 6.31. The number of esters is 1. The molecule has 4 aliphatic heterocycles. The van der Waals surface area contributed by atoms with Gasteiger partial charge in [0.2, 0.25) is 5.91 Å². The highest BCUT2D eigenvalue weighted by Crippen LogP contribution is 2.60. The average molecular weight is 519 g/mol. The highest BCUT2D eigenvalue weighted by Gasteiger charge is 2.70. The maximum atomic E-state index is 14.4. The van der Waals surface area contributed by atoms with E-state index in [4.69, 9.17) is 4.74 Å². The summed E-state index contributed by atoms with van der Waals surface area (Å²) >= 11 is 1.54. The van der Waals surface area contributed by atoms with Crippen LogP contribution in [0.5, 0.6) is 0 Å². The Kier molecular flexibility index (Phi) is 6.32. The molecule has 8 heteroatoms. The summed E-state index contributed by atoms with van der Waals surface area (Å²) in [6, 6.07) is 13.2. The van der Waals surface area contributed by atoms with E-state index in [1.165, 1.54) is 0 Å². The summed E-state index contributed by atoms with van der Waals surface area (Å²) in [4.78, 5) is 45.0. The molecule has 1 N–H and O–H groups in total. The number of thioether (sulfide) groups is 1. The third kappa shape index (κ3) is 3.89. The van der Waals surface area contributed by atoms with Crippen LogP contribution in [0, 0.1) is 11.8 Å². The number of rotatable bonds is 4. The van der Waals surface area contributed by atoms with Crippen molar-refractivity contribution in [3.63, 3.8) is 0 Å². The van der Waals surface area contributed by atoms with Crippen LogP contribution in [0.15, 0.2) is 66.8 Å². The average Bonchev–Trinajstić information content (AvgIpc) is 3.31. The van der Waals surface area contributed by atoms with Crippen LogP contribution in [0.2, 0.25) is 0 Å². The molecule has 2 aromatic carbocycles. The minimum absolute atomic E-state index is 0.0867. The van der Waals surface area contributed by atoms with Gasteiger partial charge in [-0.1, -0.05) is 54.6 Å². The van der Waals surface area contributed by atoms with Crippen molar-refractivity contribution >= 4 is 46.0 Å². The normalized spacial score (nSPS) is 32.2. The molecule has 6 rings (SSSR count). The monoisotopic (exact) mass is 518 g/mol. The molecule has 2 aromatic rings. The van der Waals surface area contributed by atoms with Crippen molar-refractivity contribution in [3.8, 4) is 0 Å². The molecule has 1 spiro atoms. The minimum Gasteiger partial charge on any atom is -0.465 e. The Bertz CT molecular complexity index is 1310. The van der Waals surface area contributed by atoms with Crippen LogP contribution in [-0.4, -0.2) is 70.1 Å². The van der Waals surface area contributed by atoms with Gasteiger partial charge in [-0.05, 0) is 42.2 Å². The Morgan fingerprint density at radius 2 is 1.89 bits per heavy atom. The van der Waals surface area contributed by atoms with E-state index in [9.17, 15) is 19.5 Å². The zero-order chi connectivity index (χ0) is 25.6. The van der Waals surface area contributed by atoms with E-state index in [2.05, 4.69) is 6.08 Å². The number of anilines is 1. The third-order valence-corrected chi connectivity index (χ3v) is 9.70. The van der Waals surface area contributed by atoms with E-state index in [1.54, 1.807) is 21.6 Å². The largest absolute Gasteiger partial charge is 0.465 e. The second-order valence-corrected chi connectivity index (χ2v) is 11.6. The lowest BCUT2D eigenvalue weighted by Crippen LogP contribution is -2.53. The first kappa shape index (κ1) is 24.2. The number of hydrogen-bond acceptors (Lipinski definition) is 6. The van der Waals surface area contributed by atoms with Gasteiger partial charge in [0.15, 0.2) is 0 Å². The number of carbonyl (C=O) groups is 3. The van der Waals surface area contributed by atoms with Crippen molar-refractivity contribution in [2.45, 2.75) is 35.3 Å². The van der Waals surface area contributed by atoms with Gasteiger partial charge in [-0.2, -0.15) is 0 Å². The van der Waals surface area contributed by atoms with Crippen molar-refractivity contribution in [1.82, 2.24) is 4.90 Å². The SMILES string of the molecule is O=C1OCCC/C=C\[C@H]2S[C@]34C=CCN(c5ccc6ccccc6c5)C(=O)C3N(CCCO)C(=O)[C@@H]4[C@@H]12. The number of fused-ring (bicyclic) bond motifs is 3. The number of likely N-dealkylation sites (tertiary alicyclic amines) is 1. The lowest BCUT2D eigenvalue weighted by atomic mass is 9.78. The van der Waals surface area contributed by atoms with Gasteiger partial charge in [0, 0.05) is 30.6 Å². The predicted octanol–water partition coefficient (Wildman–Crippen LogP) is 3.32. The maximum Gasteiger partial charge on any atom is 0.311 e. The molecular formula is C29H30N2O5S. The summed E-state index contributed by atoms with van der Waals surface area (Å²) in [5.41, 5.74) is 0.771. The lowest BCUT2D eigenvalue weighted by Gasteiger charge is -2.35. The van der Waals surface area contributed by atoms with Gasteiger partial charge in [0.25, 0.3) is 5.91 Å². The van der Waals surface area contributed by atoms with Crippen molar-refractivity contribution in [1.29, 1.82) is 0 Å². The summed E-state index contributed by atoms with van der Waals surface area (Å²) in [6.07, 6.45) is 9.98. The van der Waals surface area contributed by atoms with Gasteiger partial charge in [-0.3, -0.25) is 14.4 Å². The van der Waals surface area contributed by atoms with Gasteiger partial charge < -0.3 is 19.6 Å². The molecule has 0 aliphatic carbocycles. The van der Waals surface area contributed by atoms with Gasteiger partial charge in [0.1, 0.15) is 6.04 Å². The van der Waals surface area contributed by atoms with Crippen molar-refractivity contribution in [3.05, 3.63) is 66.8 Å². The number of aliphatic hydroxyl groups excluding tert-OH is 1. The second kappa shape index (κ2) is 9.65. The van der Waals surface area contributed by atoms with Crippen LogP contribution in [-0.2, 0) is 19.1 Å². The number of benzene rings is 2. The zero-order valence-electron chi connectivity index (χ0n) is 20.5. The van der Waals surface area contributed by atoms with Crippen molar-refractivity contribution < 1.29 is 24.2 Å². The Hall–Kier alpha value is -3.10. The molecule has 0 aromatic heterocycles. The van der Waals surface area contributed by atoms with Gasteiger partial charge >= 0.3 is 5.97 Å². The molecule has 37 heavy (non-hydrogen) atoms. The fraction of sp³-hybridized carbons (Fsp3) is 0.414. The summed E-state index contributed by atoms with van der Waals surface area (Å²) in [5, 5.41) is 11.4. The maximum absolute atomic E-state index is 14.4. The van der Waals surface area contributed by atoms with Crippen LogP contribution >= 0.6 is 11.8 Å². The molecule has 2 fully saturated rings. The van der Waals surface area contributed by atoms with Crippen LogP contribution < -0.4 is 4.90 Å². The number of ether oxygens (including phenoxy) is 1. The zero-order valence-corrected chi connectivity index (χ0v) is 21.3. The number of nitrogens with zero attached hydrogens (tertiary/aromatic N) is 2. The fourth-order valence-corrected chi connectivity index (χ4v) is 8.31. The number of aliphatic hydroxyl groups is 1. The molecule has 0 bridgehead atoms. The summed E-state index contributed by atoms with van der Waals surface area (Å²) < 4.78 is 4.71. The molecule has 7 nitrogen and oxygen atoms in total. The van der Waals surface area contributed by atoms with Crippen molar-refractivity contribution in [2.75, 3.05) is 31.2 Å². The van der Waals surface area contributed by atoms with Gasteiger partial charge in [-0.15, -0.1) is 11.8 Å². The third-order valence-electron chi connectivity index (χ3n) is 7.95. The molecule has 1 unspecified atom stereocenters. The smallest absolute Gasteiger partial charge is 0.311 e. The highest BCUT2D eigenvalue weighted by atomic mass is 32.2. The van der Waals surface area contributed by atoms with E-state index in [0.717, 1.165) is 29.3 Å². The van der Waals surface area contributed by atoms with E-state index < -0.39 is 22.6 Å². The molecule has 0 radical (unpaired) electrons. The minimum atomic E-state index is -0.882. The highest BCUT2D eigenvalue weighted by molar-refractivity contribution is 8.02. The first-order valence-corrected chi connectivity index (χ1v) is 13.8. The van der Waals surface area contributed by atoms with Crippen LogP contribution in [0.4, 0.5) is 5.69 Å². The number of cyclic esters (lactones) is 1. The first-order valence-electron chi connectivity index (χ1n) is 13.0. The van der Waals surface area contributed by atoms with Gasteiger partial charge in [-0.25, -0.2) is 0 Å². The van der Waals surface area contributed by atoms with E-state index in [-0.39, 0.29) is 36.2 Å². The van der Waals surface area contributed by atoms with Crippen LogP contribution in [0.3, 0.4) is 0 Å². The number of hydrogen-bond donors (Lipinski definition) is 1. The van der Waals surface area contributed by atoms with E-state index in [1.807, 2.05) is 60.7 Å². The van der Waals surface area contributed by atoms with Crippen molar-refractivity contribution in [2.24, 2.45) is 11.8 Å². The number of carbonyl (C=O) groups excluding carboxylic acids is 3. The summed E-state index contributed by atoms with van der Waals surface area (Å²) in [7, 11) is 0. The lowest BCUT2D eigenvalue weighted by molar-refractivity contribution is -0.153. The summed E-state index contributed by atoms with van der Waals surface area (Å²) in [6.45, 7) is 0.871. The number of amides is 2. The van der Waals surface area contributed by atoms with Crippen LogP contribution in [0.1, 0.15) is 19.3 Å². The molecule has 0 saturated carbocycles. The Morgan fingerprint density at radius 1 is 1.05 bits per heavy atom. The molecular weight excluding hydrogens is 488 g/mol. The van der Waals surface area contributed by atoms with Crippen LogP contribution in [0.25, 0.3) is 10.8 Å². The topological polar surface area (TPSA) is 87.2 Å². The summed E-state index contributed by atoms with van der Waals surface area (Å²) in [5.74, 6) is -2.08. The quantitative estimate of drug-likeness (QED) is 0.494. The van der Waals surface area contributed by atoms with Gasteiger partial charge in [0.05, 0.1) is 23.2 Å². The second-order valence-electron chi connectivity index (χ2n) is 10.1. The predicted molar refractivity (Wildman–Crippen MR) is 143 cm³/mol. The molecule has 2 saturated heterocycles. The first-order chi connectivity index (χ1) is 18.0. The van der Waals surface area contributed by atoms with E-state index >= 15 is 0 Å². The Balaban J connectivity index is 1.44. The Morgan fingerprint density at radius 3 is 2.73 bits per heavy atom.